The van der Waals surface area contributed by atoms with Crippen molar-refractivity contribution < 1.29 is 22.7 Å². The third-order valence-electron chi connectivity index (χ3n) is 7.08. The third kappa shape index (κ3) is 7.64. The minimum atomic E-state index is -4.77. The van der Waals surface area contributed by atoms with Crippen LogP contribution in [-0.2, 0) is 0 Å². The number of carbonyl (C=O) groups is 1. The van der Waals surface area contributed by atoms with E-state index in [1.165, 1.54) is 58.2 Å². The molecule has 1 saturated heterocycles. The van der Waals surface area contributed by atoms with Crippen LogP contribution in [0.15, 0.2) is 78.0 Å². The molecule has 9 nitrogen and oxygen atoms in total. The van der Waals surface area contributed by atoms with E-state index in [2.05, 4.69) is 69.0 Å². The number of amidine groups is 1. The Labute approximate surface area is 262 Å². The predicted octanol–water partition coefficient (Wildman–Crippen LogP) is 7.54. The minimum Gasteiger partial charge on any atom is -0.406 e. The molecule has 1 fully saturated rings. The van der Waals surface area contributed by atoms with Crippen LogP contribution >= 0.6 is 11.8 Å². The van der Waals surface area contributed by atoms with Gasteiger partial charge in [0, 0.05) is 23.5 Å². The summed E-state index contributed by atoms with van der Waals surface area (Å²) in [4.78, 5) is 23.8. The van der Waals surface area contributed by atoms with Crippen molar-refractivity contribution in [3.63, 3.8) is 0 Å². The summed E-state index contributed by atoms with van der Waals surface area (Å²) in [6.07, 6.45) is -2.38. The average Bonchev–Trinajstić information content (AvgIpc) is 3.50. The Hall–Kier alpha value is -4.83. The molecule has 232 valence electrons. The number of nitrogens with one attached hydrogen (secondary N) is 1. The number of amides is 2. The number of aryl methyl sites for hydroxylation is 1. The smallest absolute Gasteiger partial charge is 0.406 e. The summed E-state index contributed by atoms with van der Waals surface area (Å²) in [6.45, 7) is 7.13. The number of hydrogen-bond donors (Lipinski definition) is 1. The molecule has 1 aliphatic heterocycles. The second kappa shape index (κ2) is 13.4. The molecule has 4 aromatic rings. The van der Waals surface area contributed by atoms with Gasteiger partial charge in [0.05, 0.1) is 11.8 Å². The van der Waals surface area contributed by atoms with Crippen LogP contribution in [0.5, 0.6) is 5.75 Å². The number of benzene rings is 3. The predicted molar refractivity (Wildman–Crippen MR) is 167 cm³/mol. The second-order valence-electron chi connectivity index (χ2n) is 10.6. The summed E-state index contributed by atoms with van der Waals surface area (Å²) in [5.41, 5.74) is 5.14. The highest BCUT2D eigenvalue weighted by Gasteiger charge is 2.31. The largest absolute Gasteiger partial charge is 0.573 e. The minimum absolute atomic E-state index is 0.298. The lowest BCUT2D eigenvalue weighted by atomic mass is 9.95. The summed E-state index contributed by atoms with van der Waals surface area (Å²) in [5, 5.41) is 17.6. The van der Waals surface area contributed by atoms with E-state index < -0.39 is 18.4 Å². The van der Waals surface area contributed by atoms with Crippen molar-refractivity contribution in [3.8, 4) is 28.9 Å². The monoisotopic (exact) mass is 633 g/mol. The van der Waals surface area contributed by atoms with Crippen molar-refractivity contribution in [2.45, 2.75) is 45.5 Å². The molecular weight excluding hydrogens is 603 g/mol. The number of carbonyl (C=O) groups excluding carboxylic acids is 1. The van der Waals surface area contributed by atoms with Crippen LogP contribution in [0.25, 0.3) is 17.1 Å². The summed E-state index contributed by atoms with van der Waals surface area (Å²) in [7, 11) is 0. The van der Waals surface area contributed by atoms with E-state index in [1.807, 2.05) is 6.07 Å². The lowest BCUT2D eigenvalue weighted by molar-refractivity contribution is -0.274. The summed E-state index contributed by atoms with van der Waals surface area (Å²) < 4.78 is 42.6. The van der Waals surface area contributed by atoms with Gasteiger partial charge < -0.3 is 15.0 Å². The maximum absolute atomic E-state index is 13.1. The number of alkyl halides is 3. The standard InChI is InChI=1S/C32H30F3N7O2S/c1-20(2)28-21(3)6-4-7-27(28)41-16-5-17-45-31(41)39-30(43)38-26(18-36)22-8-10-23(11-9-22)29-37-19-42(40-29)24-12-14-25(15-13-24)44-32(33,34)35/h4,6-15,19-20,26H,5,16-17H2,1-3H3,(H,38,43). The second-order valence-corrected chi connectivity index (χ2v) is 11.7. The molecule has 2 heterocycles. The number of nitrogens with zero attached hydrogens (tertiary/aromatic N) is 6. The quantitative estimate of drug-likeness (QED) is 0.224. The Morgan fingerprint density at radius 3 is 2.51 bits per heavy atom. The molecule has 1 aliphatic rings. The van der Waals surface area contributed by atoms with Gasteiger partial charge in [-0.05, 0) is 66.3 Å². The number of nitriles is 1. The van der Waals surface area contributed by atoms with E-state index in [4.69, 9.17) is 0 Å². The Morgan fingerprint density at radius 1 is 1.11 bits per heavy atom. The van der Waals surface area contributed by atoms with Crippen LogP contribution in [0.2, 0.25) is 0 Å². The molecule has 1 N–H and O–H groups in total. The van der Waals surface area contributed by atoms with Crippen LogP contribution in [0.3, 0.4) is 0 Å². The molecule has 0 aliphatic carbocycles. The highest BCUT2D eigenvalue weighted by molar-refractivity contribution is 8.14. The van der Waals surface area contributed by atoms with Crippen LogP contribution in [0.1, 0.15) is 48.9 Å². The highest BCUT2D eigenvalue weighted by Crippen LogP contribution is 2.34. The first-order valence-electron chi connectivity index (χ1n) is 14.2. The Bertz CT molecular complexity index is 1730. The molecule has 3 aromatic carbocycles. The van der Waals surface area contributed by atoms with Crippen LogP contribution < -0.4 is 15.0 Å². The van der Waals surface area contributed by atoms with E-state index in [0.717, 1.165) is 24.4 Å². The van der Waals surface area contributed by atoms with Gasteiger partial charge in [0.1, 0.15) is 18.1 Å². The number of thioether (sulfide) groups is 1. The third-order valence-corrected chi connectivity index (χ3v) is 8.14. The number of anilines is 1. The number of hydrogen-bond acceptors (Lipinski definition) is 6. The lowest BCUT2D eigenvalue weighted by Gasteiger charge is -2.32. The fourth-order valence-electron chi connectivity index (χ4n) is 5.11. The van der Waals surface area contributed by atoms with Gasteiger partial charge in [-0.2, -0.15) is 10.3 Å². The molecule has 0 saturated carbocycles. The Kier molecular flexibility index (Phi) is 9.43. The van der Waals surface area contributed by atoms with Crippen molar-refractivity contribution >= 4 is 28.6 Å². The molecule has 0 spiro atoms. The van der Waals surface area contributed by atoms with Crippen LogP contribution in [-0.4, -0.2) is 44.6 Å². The van der Waals surface area contributed by atoms with E-state index in [1.54, 1.807) is 24.3 Å². The first-order valence-corrected chi connectivity index (χ1v) is 15.2. The van der Waals surface area contributed by atoms with E-state index in [9.17, 15) is 23.2 Å². The zero-order valence-electron chi connectivity index (χ0n) is 24.7. The highest BCUT2D eigenvalue weighted by atomic mass is 32.2. The topological polar surface area (TPSA) is 108 Å². The van der Waals surface area contributed by atoms with E-state index in [0.29, 0.717) is 33.7 Å². The first-order chi connectivity index (χ1) is 21.5. The van der Waals surface area contributed by atoms with Crippen molar-refractivity contribution in [2.75, 3.05) is 17.2 Å². The maximum Gasteiger partial charge on any atom is 0.573 e. The van der Waals surface area contributed by atoms with Crippen molar-refractivity contribution in [1.82, 2.24) is 20.1 Å². The molecule has 1 aromatic heterocycles. The van der Waals surface area contributed by atoms with Crippen LogP contribution in [0, 0.1) is 18.3 Å². The number of halogens is 3. The van der Waals surface area contributed by atoms with Gasteiger partial charge in [-0.15, -0.1) is 18.3 Å². The number of aromatic nitrogens is 3. The molecular formula is C32H30F3N7O2S. The number of aliphatic imine (C=N–C) groups is 1. The van der Waals surface area contributed by atoms with Crippen molar-refractivity contribution in [2.24, 2.45) is 4.99 Å². The van der Waals surface area contributed by atoms with Gasteiger partial charge >= 0.3 is 12.4 Å². The van der Waals surface area contributed by atoms with Gasteiger partial charge in [0.25, 0.3) is 0 Å². The number of ether oxygens (including phenoxy) is 1. The zero-order chi connectivity index (χ0) is 32.1. The molecule has 5 rings (SSSR count). The normalized spacial score (nSPS) is 15.2. The first kappa shape index (κ1) is 31.6. The van der Waals surface area contributed by atoms with Gasteiger partial charge in [-0.1, -0.05) is 62.0 Å². The fourth-order valence-corrected chi connectivity index (χ4v) is 6.05. The Balaban J connectivity index is 1.28. The summed E-state index contributed by atoms with van der Waals surface area (Å²) in [5.74, 6) is 1.17. The molecule has 1 atom stereocenters. The molecule has 13 heteroatoms. The maximum atomic E-state index is 13.1. The van der Waals surface area contributed by atoms with Gasteiger partial charge in [0.15, 0.2) is 11.0 Å². The van der Waals surface area contributed by atoms with Gasteiger partial charge in [-0.3, -0.25) is 0 Å². The van der Waals surface area contributed by atoms with E-state index in [-0.39, 0.29) is 5.75 Å². The zero-order valence-corrected chi connectivity index (χ0v) is 25.6. The molecule has 0 radical (unpaired) electrons. The van der Waals surface area contributed by atoms with Gasteiger partial charge in [0.2, 0.25) is 0 Å². The lowest BCUT2D eigenvalue weighted by Crippen LogP contribution is -2.37. The van der Waals surface area contributed by atoms with Crippen LogP contribution in [0.4, 0.5) is 23.7 Å². The average molecular weight is 634 g/mol. The van der Waals surface area contributed by atoms with Gasteiger partial charge in [-0.25, -0.2) is 14.5 Å². The Morgan fingerprint density at radius 2 is 1.84 bits per heavy atom. The summed E-state index contributed by atoms with van der Waals surface area (Å²) in [6, 6.07) is 18.8. The molecule has 2 amide bonds. The molecule has 0 bridgehead atoms. The molecule has 45 heavy (non-hydrogen) atoms. The summed E-state index contributed by atoms with van der Waals surface area (Å²) >= 11 is 1.52. The van der Waals surface area contributed by atoms with E-state index >= 15 is 0 Å². The SMILES string of the molecule is Cc1cccc(N2CCCSC2=NC(=O)NC(C#N)c2ccc(-c3ncn(-c4ccc(OC(F)(F)F)cc4)n3)cc2)c1C(C)C. The number of urea groups is 1. The van der Waals surface area contributed by atoms with Crippen molar-refractivity contribution in [1.29, 1.82) is 5.26 Å². The molecule has 1 unspecified atom stereocenters. The fraction of sp³-hybridized carbons (Fsp3) is 0.281. The number of rotatable bonds is 7. The van der Waals surface area contributed by atoms with Crippen molar-refractivity contribution in [3.05, 3.63) is 89.7 Å².